The normalized spacial score (nSPS) is 29.4. The Morgan fingerprint density at radius 1 is 1.00 bits per heavy atom. The minimum atomic E-state index is 0.0448. The third-order valence-electron chi connectivity index (χ3n) is 3.44. The lowest BCUT2D eigenvalue weighted by molar-refractivity contribution is 0.692. The van der Waals surface area contributed by atoms with Crippen LogP contribution in [-0.4, -0.2) is 33.7 Å². The third-order valence-corrected chi connectivity index (χ3v) is 6.32. The summed E-state index contributed by atoms with van der Waals surface area (Å²) in [5.74, 6) is 2.31. The molecule has 4 heteroatoms. The molecular weight excluding hydrogens is 248 g/mol. The third kappa shape index (κ3) is 2.73. The molecule has 0 amide bonds. The molecule has 2 rings (SSSR count). The summed E-state index contributed by atoms with van der Waals surface area (Å²) in [6.45, 7) is 9.00. The zero-order chi connectivity index (χ0) is 12.5. The highest BCUT2D eigenvalue weighted by atomic mass is 32.2. The van der Waals surface area contributed by atoms with Gasteiger partial charge in [-0.15, -0.1) is 23.5 Å². The van der Waals surface area contributed by atoms with Crippen molar-refractivity contribution in [1.82, 2.24) is 0 Å². The highest BCUT2D eigenvalue weighted by molar-refractivity contribution is 8.16. The first-order valence-electron chi connectivity index (χ1n) is 6.50. The fourth-order valence-electron chi connectivity index (χ4n) is 2.02. The summed E-state index contributed by atoms with van der Waals surface area (Å²) in [6.07, 6.45) is 2.31. The lowest BCUT2D eigenvalue weighted by atomic mass is 9.96. The van der Waals surface area contributed by atoms with Gasteiger partial charge in [0.1, 0.15) is 0 Å². The van der Waals surface area contributed by atoms with Crippen LogP contribution in [-0.2, 0) is 0 Å². The van der Waals surface area contributed by atoms with Crippen LogP contribution in [0.3, 0.4) is 0 Å². The molecule has 0 spiro atoms. The van der Waals surface area contributed by atoms with Gasteiger partial charge in [-0.3, -0.25) is 9.98 Å². The van der Waals surface area contributed by atoms with Crippen LogP contribution in [0.4, 0.5) is 0 Å². The molecule has 0 radical (unpaired) electrons. The van der Waals surface area contributed by atoms with Crippen LogP contribution in [0.1, 0.15) is 40.5 Å². The van der Waals surface area contributed by atoms with Gasteiger partial charge in [-0.1, -0.05) is 13.8 Å². The van der Waals surface area contributed by atoms with Gasteiger partial charge in [0, 0.05) is 11.5 Å². The molecule has 0 aliphatic carbocycles. The van der Waals surface area contributed by atoms with Crippen molar-refractivity contribution in [1.29, 1.82) is 0 Å². The van der Waals surface area contributed by atoms with E-state index in [0.29, 0.717) is 12.1 Å². The zero-order valence-corrected chi connectivity index (χ0v) is 12.8. The first-order chi connectivity index (χ1) is 8.07. The van der Waals surface area contributed by atoms with Crippen LogP contribution in [0.25, 0.3) is 0 Å². The molecule has 2 aliphatic heterocycles. The Bertz CT molecular complexity index is 315. The largest absolute Gasteiger partial charge is 0.278 e. The van der Waals surface area contributed by atoms with Crippen LogP contribution in [0.15, 0.2) is 9.98 Å². The Balaban J connectivity index is 2.14. The van der Waals surface area contributed by atoms with Gasteiger partial charge in [-0.05, 0) is 26.7 Å². The molecule has 0 N–H and O–H groups in total. The molecule has 2 aliphatic rings. The lowest BCUT2D eigenvalue weighted by Crippen LogP contribution is -2.28. The fraction of sp³-hybridized carbons (Fsp3) is 0.846. The fourth-order valence-corrected chi connectivity index (χ4v) is 4.77. The van der Waals surface area contributed by atoms with Crippen LogP contribution >= 0.6 is 23.5 Å². The highest BCUT2D eigenvalue weighted by Gasteiger charge is 2.37. The monoisotopic (exact) mass is 270 g/mol. The molecule has 0 aromatic heterocycles. The Labute approximate surface area is 113 Å². The molecule has 0 saturated heterocycles. The first kappa shape index (κ1) is 13.5. The number of thioether (sulfide) groups is 2. The first-order valence-corrected chi connectivity index (χ1v) is 8.47. The van der Waals surface area contributed by atoms with E-state index in [0.717, 1.165) is 24.3 Å². The van der Waals surface area contributed by atoms with Gasteiger partial charge < -0.3 is 0 Å². The van der Waals surface area contributed by atoms with Crippen molar-refractivity contribution in [2.24, 2.45) is 15.4 Å². The summed E-state index contributed by atoms with van der Waals surface area (Å²) in [4.78, 5) is 9.72. The molecule has 0 bridgehead atoms. The lowest BCUT2D eigenvalue weighted by Gasteiger charge is -2.23. The minimum Gasteiger partial charge on any atom is -0.278 e. The number of hydrogen-bond donors (Lipinski definition) is 0. The maximum Gasteiger partial charge on any atom is 0.0801 e. The van der Waals surface area contributed by atoms with Gasteiger partial charge >= 0.3 is 0 Å². The maximum absolute atomic E-state index is 4.86. The number of aliphatic imine (C=N–C) groups is 2. The van der Waals surface area contributed by atoms with E-state index in [1.807, 2.05) is 23.5 Å². The summed E-state index contributed by atoms with van der Waals surface area (Å²) in [5.41, 5.74) is 0.0448. The Hall–Kier alpha value is 0.0400. The van der Waals surface area contributed by atoms with E-state index in [9.17, 15) is 0 Å². The van der Waals surface area contributed by atoms with Gasteiger partial charge in [-0.25, -0.2) is 0 Å². The van der Waals surface area contributed by atoms with E-state index in [1.54, 1.807) is 0 Å². The highest BCUT2D eigenvalue weighted by Crippen LogP contribution is 2.39. The molecule has 2 atom stereocenters. The molecule has 96 valence electrons. The van der Waals surface area contributed by atoms with Crippen molar-refractivity contribution in [2.45, 2.75) is 52.6 Å². The van der Waals surface area contributed by atoms with E-state index in [-0.39, 0.29) is 5.41 Å². The Morgan fingerprint density at radius 3 is 1.71 bits per heavy atom. The molecule has 0 aromatic rings. The average molecular weight is 270 g/mol. The standard InChI is InChI=1S/C13H22N2S2/c1-5-9-7-16-11(14-9)13(3,4)12-15-10(6-2)8-17-12/h9-10H,5-8H2,1-4H3/t9-,10-/m1/s1. The van der Waals surface area contributed by atoms with E-state index in [4.69, 9.17) is 9.98 Å². The number of hydrogen-bond acceptors (Lipinski definition) is 4. The molecule has 17 heavy (non-hydrogen) atoms. The second kappa shape index (κ2) is 5.35. The van der Waals surface area contributed by atoms with Crippen molar-refractivity contribution in [3.8, 4) is 0 Å². The quantitative estimate of drug-likeness (QED) is 0.775. The van der Waals surface area contributed by atoms with Gasteiger partial charge in [0.15, 0.2) is 0 Å². The van der Waals surface area contributed by atoms with Gasteiger partial charge in [0.2, 0.25) is 0 Å². The molecule has 0 aromatic carbocycles. The average Bonchev–Trinajstić information content (AvgIpc) is 2.98. The van der Waals surface area contributed by atoms with Crippen molar-refractivity contribution in [3.63, 3.8) is 0 Å². The van der Waals surface area contributed by atoms with E-state index in [2.05, 4.69) is 27.7 Å². The predicted octanol–water partition coefficient (Wildman–Crippen LogP) is 3.86. The smallest absolute Gasteiger partial charge is 0.0801 e. The predicted molar refractivity (Wildman–Crippen MR) is 81.7 cm³/mol. The number of nitrogens with zero attached hydrogens (tertiary/aromatic N) is 2. The summed E-state index contributed by atoms with van der Waals surface area (Å²) >= 11 is 3.87. The van der Waals surface area contributed by atoms with E-state index in [1.165, 1.54) is 10.1 Å². The maximum atomic E-state index is 4.86. The van der Waals surface area contributed by atoms with Gasteiger partial charge in [0.05, 0.1) is 27.6 Å². The van der Waals surface area contributed by atoms with Crippen molar-refractivity contribution < 1.29 is 0 Å². The molecular formula is C13H22N2S2. The summed E-state index contributed by atoms with van der Waals surface area (Å²) in [7, 11) is 0. The van der Waals surface area contributed by atoms with Crippen molar-refractivity contribution in [2.75, 3.05) is 11.5 Å². The van der Waals surface area contributed by atoms with Crippen LogP contribution in [0.2, 0.25) is 0 Å². The molecule has 0 saturated carbocycles. The van der Waals surface area contributed by atoms with Gasteiger partial charge in [-0.2, -0.15) is 0 Å². The zero-order valence-electron chi connectivity index (χ0n) is 11.2. The second-order valence-electron chi connectivity index (χ2n) is 5.24. The summed E-state index contributed by atoms with van der Waals surface area (Å²) < 4.78 is 0. The van der Waals surface area contributed by atoms with E-state index >= 15 is 0 Å². The van der Waals surface area contributed by atoms with Crippen LogP contribution < -0.4 is 0 Å². The van der Waals surface area contributed by atoms with E-state index < -0.39 is 0 Å². The molecule has 0 fully saturated rings. The van der Waals surface area contributed by atoms with Crippen molar-refractivity contribution >= 4 is 33.6 Å². The Kier molecular flexibility index (Phi) is 4.24. The minimum absolute atomic E-state index is 0.0448. The summed E-state index contributed by atoms with van der Waals surface area (Å²) in [6, 6.07) is 1.06. The Morgan fingerprint density at radius 2 is 1.41 bits per heavy atom. The van der Waals surface area contributed by atoms with Crippen molar-refractivity contribution in [3.05, 3.63) is 0 Å². The SMILES string of the molecule is CC[C@@H]1CSC(C(C)(C)C2=N[C@H](CC)CS2)=N1. The topological polar surface area (TPSA) is 24.7 Å². The molecule has 2 nitrogen and oxygen atoms in total. The molecule has 0 unspecified atom stereocenters. The van der Waals surface area contributed by atoms with Crippen LogP contribution in [0.5, 0.6) is 0 Å². The summed E-state index contributed by atoms with van der Waals surface area (Å²) in [5, 5.41) is 2.60. The number of rotatable bonds is 4. The molecule has 2 heterocycles. The van der Waals surface area contributed by atoms with Gasteiger partial charge in [0.25, 0.3) is 0 Å². The van der Waals surface area contributed by atoms with Crippen LogP contribution in [0, 0.1) is 5.41 Å². The second-order valence-corrected chi connectivity index (χ2v) is 7.26.